The Kier molecular flexibility index (Phi) is 7.19. The van der Waals surface area contributed by atoms with Crippen molar-refractivity contribution in [2.24, 2.45) is 13.0 Å². The molecule has 3 heterocycles. The van der Waals surface area contributed by atoms with Gasteiger partial charge >= 0.3 is 0 Å². The molecule has 1 aliphatic rings. The quantitative estimate of drug-likeness (QED) is 0.285. The second kappa shape index (κ2) is 10.7. The number of hydrogen-bond acceptors (Lipinski definition) is 6. The summed E-state index contributed by atoms with van der Waals surface area (Å²) in [5.41, 5.74) is 13.7. The van der Waals surface area contributed by atoms with Gasteiger partial charge in [-0.05, 0) is 75.3 Å². The minimum absolute atomic E-state index is 0.0412. The summed E-state index contributed by atoms with van der Waals surface area (Å²) < 4.78 is 8.27. The number of amides is 1. The lowest BCUT2D eigenvalue weighted by molar-refractivity contribution is -0.112. The van der Waals surface area contributed by atoms with Gasteiger partial charge in [-0.1, -0.05) is 30.9 Å². The van der Waals surface area contributed by atoms with Crippen molar-refractivity contribution in [3.63, 3.8) is 0 Å². The molecule has 39 heavy (non-hydrogen) atoms. The molecule has 5 rings (SSSR count). The van der Waals surface area contributed by atoms with E-state index in [4.69, 9.17) is 10.5 Å². The number of nitrogens with zero attached hydrogens (tertiary/aromatic N) is 4. The molecular formula is C31H34N6O2. The summed E-state index contributed by atoms with van der Waals surface area (Å²) in [5.74, 6) is 1.31. The van der Waals surface area contributed by atoms with Crippen molar-refractivity contribution >= 4 is 34.0 Å². The molecule has 0 saturated heterocycles. The molecule has 0 bridgehead atoms. The van der Waals surface area contributed by atoms with Gasteiger partial charge in [0.15, 0.2) is 0 Å². The zero-order valence-electron chi connectivity index (χ0n) is 22.9. The molecule has 1 amide bonds. The lowest BCUT2D eigenvalue weighted by Crippen LogP contribution is -2.25. The number of nitrogen functional groups attached to an aromatic ring is 1. The van der Waals surface area contributed by atoms with Crippen LogP contribution in [0.1, 0.15) is 44.4 Å². The number of hydrogen-bond donors (Lipinski definition) is 2. The number of carbonyl (C=O) groups is 1. The Bertz CT molecular complexity index is 1580. The Balaban J connectivity index is 1.47. The van der Waals surface area contributed by atoms with Crippen LogP contribution in [0.2, 0.25) is 0 Å². The Morgan fingerprint density at radius 3 is 2.64 bits per heavy atom. The number of aromatic nitrogens is 4. The molecule has 200 valence electrons. The SMILES string of the molecule is C=C(C)C(=O)Nc1ccc(-c2c(C3=CC[C@H](C(C)Oc4cccc(C)n4)CC3)c3c(N)ncnc3n2C)cc1. The van der Waals surface area contributed by atoms with Crippen molar-refractivity contribution < 1.29 is 9.53 Å². The highest BCUT2D eigenvalue weighted by atomic mass is 16.5. The van der Waals surface area contributed by atoms with E-state index in [0.29, 0.717) is 28.9 Å². The van der Waals surface area contributed by atoms with Gasteiger partial charge in [0.1, 0.15) is 23.9 Å². The molecule has 2 atom stereocenters. The second-order valence-corrected chi connectivity index (χ2v) is 10.3. The Labute approximate surface area is 228 Å². The van der Waals surface area contributed by atoms with Crippen LogP contribution >= 0.6 is 0 Å². The van der Waals surface area contributed by atoms with Crippen LogP contribution in [0.3, 0.4) is 0 Å². The van der Waals surface area contributed by atoms with Gasteiger partial charge in [-0.15, -0.1) is 0 Å². The van der Waals surface area contributed by atoms with Gasteiger partial charge in [0.2, 0.25) is 5.88 Å². The van der Waals surface area contributed by atoms with Gasteiger partial charge < -0.3 is 20.4 Å². The topological polar surface area (TPSA) is 108 Å². The number of nitrogens with one attached hydrogen (secondary N) is 1. The van der Waals surface area contributed by atoms with E-state index in [0.717, 1.165) is 52.8 Å². The fourth-order valence-corrected chi connectivity index (χ4v) is 5.25. The first-order valence-corrected chi connectivity index (χ1v) is 13.2. The first-order valence-electron chi connectivity index (χ1n) is 13.2. The highest BCUT2D eigenvalue weighted by molar-refractivity contribution is 6.05. The zero-order valence-corrected chi connectivity index (χ0v) is 22.9. The molecule has 1 unspecified atom stereocenters. The monoisotopic (exact) mass is 522 g/mol. The number of allylic oxidation sites excluding steroid dienone is 2. The van der Waals surface area contributed by atoms with Crippen LogP contribution in [0.4, 0.5) is 11.5 Å². The van der Waals surface area contributed by atoms with Gasteiger partial charge in [0.05, 0.1) is 11.1 Å². The Morgan fingerprint density at radius 1 is 1.21 bits per heavy atom. The number of fused-ring (bicyclic) bond motifs is 1. The highest BCUT2D eigenvalue weighted by Crippen LogP contribution is 2.43. The van der Waals surface area contributed by atoms with E-state index in [1.165, 1.54) is 11.9 Å². The maximum atomic E-state index is 12.1. The lowest BCUT2D eigenvalue weighted by atomic mass is 9.83. The number of nitrogens with two attached hydrogens (primary N) is 1. The number of rotatable bonds is 7. The molecule has 0 aliphatic heterocycles. The molecule has 8 heteroatoms. The van der Waals surface area contributed by atoms with Gasteiger partial charge in [-0.3, -0.25) is 4.79 Å². The van der Waals surface area contributed by atoms with E-state index in [1.54, 1.807) is 6.92 Å². The lowest BCUT2D eigenvalue weighted by Gasteiger charge is -2.28. The molecule has 3 aromatic heterocycles. The third kappa shape index (κ3) is 5.27. The predicted octanol–water partition coefficient (Wildman–Crippen LogP) is 6.09. The normalized spacial score (nSPS) is 16.0. The molecule has 0 saturated carbocycles. The summed E-state index contributed by atoms with van der Waals surface area (Å²) in [6.07, 6.45) is 6.60. The number of pyridine rings is 1. The molecular weight excluding hydrogens is 488 g/mol. The summed E-state index contributed by atoms with van der Waals surface area (Å²) in [6, 6.07) is 13.7. The van der Waals surface area contributed by atoms with E-state index in [9.17, 15) is 4.79 Å². The molecule has 4 aromatic rings. The fourth-order valence-electron chi connectivity index (χ4n) is 5.25. The van der Waals surface area contributed by atoms with E-state index in [-0.39, 0.29) is 12.0 Å². The van der Waals surface area contributed by atoms with Crippen molar-refractivity contribution in [2.45, 2.75) is 46.1 Å². The second-order valence-electron chi connectivity index (χ2n) is 10.3. The highest BCUT2D eigenvalue weighted by Gasteiger charge is 2.28. The minimum Gasteiger partial charge on any atom is -0.474 e. The van der Waals surface area contributed by atoms with Crippen LogP contribution in [0.25, 0.3) is 27.9 Å². The largest absolute Gasteiger partial charge is 0.474 e. The molecule has 0 spiro atoms. The first kappa shape index (κ1) is 26.2. The maximum absolute atomic E-state index is 12.1. The molecule has 1 aromatic carbocycles. The fraction of sp³-hybridized carbons (Fsp3) is 0.290. The zero-order chi connectivity index (χ0) is 27.7. The van der Waals surface area contributed by atoms with Crippen LogP contribution in [0, 0.1) is 12.8 Å². The Hall–Kier alpha value is -4.46. The molecule has 1 aliphatic carbocycles. The standard InChI is InChI=1S/C31H34N6O2/c1-18(2)31(38)36-24-15-13-23(14-16-24)28-26(27-29(32)33-17-34-30(27)37(28)5)22-11-9-21(10-12-22)20(4)39-25-8-6-7-19(3)35-25/h6-8,11,13-17,20-21H,1,9-10,12H2,2-5H3,(H,36,38)(H2,32,33,34)/t20?,21-/m0/s1. The van der Waals surface area contributed by atoms with Crippen LogP contribution in [0.15, 0.2) is 67.0 Å². The van der Waals surface area contributed by atoms with E-state index in [1.807, 2.05) is 56.4 Å². The van der Waals surface area contributed by atoms with Crippen molar-refractivity contribution in [1.29, 1.82) is 0 Å². The summed E-state index contributed by atoms with van der Waals surface area (Å²) >= 11 is 0. The Morgan fingerprint density at radius 2 is 1.97 bits per heavy atom. The molecule has 0 radical (unpaired) electrons. The van der Waals surface area contributed by atoms with Crippen molar-refractivity contribution in [1.82, 2.24) is 19.5 Å². The number of carbonyl (C=O) groups excluding carboxylic acids is 1. The van der Waals surface area contributed by atoms with E-state index < -0.39 is 0 Å². The average molecular weight is 523 g/mol. The van der Waals surface area contributed by atoms with Crippen molar-refractivity contribution in [3.05, 3.63) is 78.3 Å². The summed E-state index contributed by atoms with van der Waals surface area (Å²) in [7, 11) is 2.00. The average Bonchev–Trinajstić information content (AvgIpc) is 3.22. The molecule has 8 nitrogen and oxygen atoms in total. The van der Waals surface area contributed by atoms with Gasteiger partial charge in [-0.25, -0.2) is 15.0 Å². The molecule has 0 fully saturated rings. The van der Waals surface area contributed by atoms with Crippen LogP contribution in [0.5, 0.6) is 5.88 Å². The van der Waals surface area contributed by atoms with Gasteiger partial charge in [0, 0.05) is 35.6 Å². The molecule has 3 N–H and O–H groups in total. The van der Waals surface area contributed by atoms with E-state index in [2.05, 4.69) is 44.4 Å². The van der Waals surface area contributed by atoms with Gasteiger partial charge in [0.25, 0.3) is 5.91 Å². The van der Waals surface area contributed by atoms with Crippen LogP contribution in [-0.4, -0.2) is 31.5 Å². The third-order valence-corrected chi connectivity index (χ3v) is 7.41. The minimum atomic E-state index is -0.200. The summed E-state index contributed by atoms with van der Waals surface area (Å²) in [6.45, 7) is 9.48. The first-order chi connectivity index (χ1) is 18.7. The number of anilines is 2. The smallest absolute Gasteiger partial charge is 0.250 e. The predicted molar refractivity (Wildman–Crippen MR) is 156 cm³/mol. The third-order valence-electron chi connectivity index (χ3n) is 7.41. The van der Waals surface area contributed by atoms with Crippen molar-refractivity contribution in [3.8, 4) is 17.1 Å². The number of aryl methyl sites for hydroxylation is 2. The number of benzene rings is 1. The van der Waals surface area contributed by atoms with Crippen LogP contribution in [-0.2, 0) is 11.8 Å². The number of ether oxygens (including phenoxy) is 1. The summed E-state index contributed by atoms with van der Waals surface area (Å²) in [4.78, 5) is 25.4. The maximum Gasteiger partial charge on any atom is 0.250 e. The van der Waals surface area contributed by atoms with Crippen molar-refractivity contribution in [2.75, 3.05) is 11.1 Å². The van der Waals surface area contributed by atoms with Gasteiger partial charge in [-0.2, -0.15) is 0 Å². The van der Waals surface area contributed by atoms with Crippen LogP contribution < -0.4 is 15.8 Å². The van der Waals surface area contributed by atoms with E-state index >= 15 is 0 Å². The summed E-state index contributed by atoms with van der Waals surface area (Å²) in [5, 5.41) is 3.74.